The Morgan fingerprint density at radius 1 is 0.938 bits per heavy atom. The summed E-state index contributed by atoms with van der Waals surface area (Å²) < 4.78 is 14.8. The summed E-state index contributed by atoms with van der Waals surface area (Å²) in [7, 11) is 0. The van der Waals surface area contributed by atoms with Gasteiger partial charge < -0.3 is 15.5 Å². The lowest BCUT2D eigenvalue weighted by Gasteiger charge is -2.33. The first kappa shape index (κ1) is 32.8. The molecule has 1 saturated heterocycles. The zero-order chi connectivity index (χ0) is 32.5. The number of piperidine rings is 1. The van der Waals surface area contributed by atoms with Gasteiger partial charge >= 0.3 is 0 Å². The number of amides is 2. The molecular formula is C36H36ClFN8O2. The average molecular weight is 667 g/mol. The molecule has 4 aromatic rings. The molecule has 7 rings (SSSR count). The largest absolute Gasteiger partial charge is 0.353 e. The highest BCUT2D eigenvalue weighted by atomic mass is 35.5. The van der Waals surface area contributed by atoms with Gasteiger partial charge in [0.1, 0.15) is 5.82 Å². The van der Waals surface area contributed by atoms with Crippen LogP contribution in [0, 0.1) is 17.1 Å². The Bertz CT molecular complexity index is 1900. The number of anilines is 2. The first-order valence-corrected chi connectivity index (χ1v) is 16.0. The van der Waals surface area contributed by atoms with Crippen LogP contribution in [0.15, 0.2) is 77.9 Å². The van der Waals surface area contributed by atoms with Crippen molar-refractivity contribution in [3.05, 3.63) is 106 Å². The van der Waals surface area contributed by atoms with Crippen LogP contribution in [0.25, 0.3) is 11.3 Å². The van der Waals surface area contributed by atoms with Gasteiger partial charge in [-0.1, -0.05) is 37.2 Å². The van der Waals surface area contributed by atoms with E-state index >= 15 is 0 Å². The molecule has 12 heteroatoms. The molecular weight excluding hydrogens is 631 g/mol. The van der Waals surface area contributed by atoms with E-state index in [1.54, 1.807) is 60.8 Å². The molecule has 1 aliphatic carbocycles. The first-order valence-electron chi connectivity index (χ1n) is 15.6. The van der Waals surface area contributed by atoms with E-state index in [9.17, 15) is 14.0 Å². The van der Waals surface area contributed by atoms with Gasteiger partial charge in [-0.25, -0.2) is 14.4 Å². The molecule has 1 saturated carbocycles. The van der Waals surface area contributed by atoms with E-state index in [-0.39, 0.29) is 49.5 Å². The molecule has 3 aliphatic rings. The molecule has 48 heavy (non-hydrogen) atoms. The smallest absolute Gasteiger partial charge is 0.257 e. The van der Waals surface area contributed by atoms with Crippen LogP contribution in [0.2, 0.25) is 5.02 Å². The van der Waals surface area contributed by atoms with E-state index in [0.29, 0.717) is 57.8 Å². The van der Waals surface area contributed by atoms with Gasteiger partial charge in [-0.2, -0.15) is 0 Å². The maximum Gasteiger partial charge on any atom is 0.257 e. The van der Waals surface area contributed by atoms with E-state index in [1.807, 2.05) is 11.0 Å². The number of likely N-dealkylation sites (tertiary alicyclic amines) is 1. The molecule has 2 fully saturated rings. The highest BCUT2D eigenvalue weighted by Gasteiger charge is 2.32. The quantitative estimate of drug-likeness (QED) is 0.140. The van der Waals surface area contributed by atoms with E-state index in [1.165, 1.54) is 6.07 Å². The van der Waals surface area contributed by atoms with Crippen molar-refractivity contribution in [1.82, 2.24) is 25.5 Å². The summed E-state index contributed by atoms with van der Waals surface area (Å²) in [4.78, 5) is 40.8. The number of hydrogen-bond donors (Lipinski definition) is 4. The summed E-state index contributed by atoms with van der Waals surface area (Å²) in [5.41, 5.74) is 4.83. The van der Waals surface area contributed by atoms with Crippen LogP contribution < -0.4 is 16.0 Å². The Kier molecular flexibility index (Phi) is 9.49. The molecule has 3 aromatic carbocycles. The second-order valence-corrected chi connectivity index (χ2v) is 12.4. The van der Waals surface area contributed by atoms with Crippen molar-refractivity contribution >= 4 is 46.7 Å². The summed E-state index contributed by atoms with van der Waals surface area (Å²) in [6.45, 7) is 1.44. The summed E-state index contributed by atoms with van der Waals surface area (Å²) in [6, 6.07) is 18.8. The lowest BCUT2D eigenvalue weighted by atomic mass is 9.95. The number of carbonyl (C=O) groups is 2. The second kappa shape index (κ2) is 13.9. The number of carbonyl (C=O) groups excluding carboxylic acids is 2. The van der Waals surface area contributed by atoms with Crippen LogP contribution in [0.3, 0.4) is 0 Å². The lowest BCUT2D eigenvalue weighted by Crippen LogP contribution is -2.51. The van der Waals surface area contributed by atoms with Crippen molar-refractivity contribution < 1.29 is 14.0 Å². The maximum atomic E-state index is 14.8. The molecule has 0 atom stereocenters. The standard InChI is InChI=1S/C35H32ClFN8O2.CH4/c36-23-9-12-26-28(17-23)31(27-3-1-2-4-29(27)37)39-18-22-19-40-35(43-30(22)26)42-24-10-7-21(8-11-24)33(47)44-34(38)45-15-13-25(14-16-45)41-32(46)20-5-6-20;/h1-4,7-12,17,19-20,25H,5-6,13-16,18H2,(H,41,46)(H2,38,44,47)(H,40,42,43);1H4. The minimum atomic E-state index is -0.382. The molecule has 0 spiro atoms. The van der Waals surface area contributed by atoms with Crippen LogP contribution in [-0.4, -0.2) is 57.5 Å². The number of rotatable bonds is 6. The van der Waals surface area contributed by atoms with E-state index in [2.05, 4.69) is 20.9 Å². The summed E-state index contributed by atoms with van der Waals surface area (Å²) >= 11 is 6.37. The van der Waals surface area contributed by atoms with Gasteiger partial charge in [0.15, 0.2) is 5.96 Å². The minimum Gasteiger partial charge on any atom is -0.353 e. The van der Waals surface area contributed by atoms with Crippen LogP contribution >= 0.6 is 11.6 Å². The van der Waals surface area contributed by atoms with Crippen LogP contribution in [-0.2, 0) is 11.3 Å². The number of fused-ring (bicyclic) bond motifs is 3. The first-order chi connectivity index (χ1) is 22.8. The number of nitrogens with zero attached hydrogens (tertiary/aromatic N) is 4. The average Bonchev–Trinajstić information content (AvgIpc) is 3.94. The van der Waals surface area contributed by atoms with Gasteiger partial charge in [-0.3, -0.25) is 25.3 Å². The van der Waals surface area contributed by atoms with Crippen molar-refractivity contribution in [2.45, 2.75) is 45.7 Å². The Labute approximate surface area is 283 Å². The number of halogens is 2. The molecule has 2 aliphatic heterocycles. The molecule has 4 N–H and O–H groups in total. The summed E-state index contributed by atoms with van der Waals surface area (Å²) in [6.07, 6.45) is 5.12. The van der Waals surface area contributed by atoms with Crippen molar-refractivity contribution in [3.63, 3.8) is 0 Å². The maximum absolute atomic E-state index is 14.8. The molecule has 246 valence electrons. The van der Waals surface area contributed by atoms with Crippen molar-refractivity contribution in [2.24, 2.45) is 10.9 Å². The SMILES string of the molecule is C.N=C(NC(=O)c1ccc(Nc2ncc3c(n2)-c2ccc(Cl)cc2C(c2ccccc2F)=NC3)cc1)N1CCC(NC(=O)C2CC2)CC1. The van der Waals surface area contributed by atoms with Gasteiger partial charge in [0.25, 0.3) is 5.91 Å². The Balaban J connectivity index is 0.00000401. The summed E-state index contributed by atoms with van der Waals surface area (Å²) in [5.74, 6) is -0.0504. The molecule has 0 unspecified atom stereocenters. The second-order valence-electron chi connectivity index (χ2n) is 12.0. The third-order valence-corrected chi connectivity index (χ3v) is 8.87. The number of aromatic nitrogens is 2. The third kappa shape index (κ3) is 7.06. The van der Waals surface area contributed by atoms with E-state index < -0.39 is 0 Å². The Hall–Kier alpha value is -5.16. The zero-order valence-corrected chi connectivity index (χ0v) is 26.1. The molecule has 1 aromatic heterocycles. The highest BCUT2D eigenvalue weighted by Crippen LogP contribution is 2.34. The fourth-order valence-electron chi connectivity index (χ4n) is 5.87. The predicted octanol–water partition coefficient (Wildman–Crippen LogP) is 6.32. The Morgan fingerprint density at radius 3 is 2.42 bits per heavy atom. The van der Waals surface area contributed by atoms with Crippen molar-refractivity contribution in [1.29, 1.82) is 5.41 Å². The highest BCUT2D eigenvalue weighted by molar-refractivity contribution is 6.31. The van der Waals surface area contributed by atoms with Crippen molar-refractivity contribution in [3.8, 4) is 11.3 Å². The van der Waals surface area contributed by atoms with Crippen LogP contribution in [0.1, 0.15) is 60.2 Å². The number of benzene rings is 3. The predicted molar refractivity (Wildman–Crippen MR) is 185 cm³/mol. The Morgan fingerprint density at radius 2 is 1.69 bits per heavy atom. The topological polar surface area (TPSA) is 135 Å². The van der Waals surface area contributed by atoms with E-state index in [0.717, 1.165) is 36.8 Å². The lowest BCUT2D eigenvalue weighted by molar-refractivity contribution is -0.123. The van der Waals surface area contributed by atoms with Gasteiger partial charge in [-0.15, -0.1) is 0 Å². The molecule has 0 radical (unpaired) electrons. The summed E-state index contributed by atoms with van der Waals surface area (Å²) in [5, 5.41) is 17.9. The number of guanidine groups is 1. The van der Waals surface area contributed by atoms with E-state index in [4.69, 9.17) is 27.0 Å². The number of aliphatic imine (C=N–C) groups is 1. The van der Waals surface area contributed by atoms with Gasteiger partial charge in [0.2, 0.25) is 11.9 Å². The van der Waals surface area contributed by atoms with Crippen LogP contribution in [0.5, 0.6) is 0 Å². The van der Waals surface area contributed by atoms with Crippen LogP contribution in [0.4, 0.5) is 16.0 Å². The monoisotopic (exact) mass is 666 g/mol. The normalized spacial score (nSPS) is 15.5. The van der Waals surface area contributed by atoms with Crippen molar-refractivity contribution in [2.75, 3.05) is 18.4 Å². The zero-order valence-electron chi connectivity index (χ0n) is 25.4. The fraction of sp³-hybridized carbons (Fsp3) is 0.278. The third-order valence-electron chi connectivity index (χ3n) is 8.63. The van der Waals surface area contributed by atoms with Gasteiger partial charge in [0.05, 0.1) is 18.0 Å². The molecule has 10 nitrogen and oxygen atoms in total. The molecule has 3 heterocycles. The number of nitrogens with one attached hydrogen (secondary N) is 4. The van der Waals surface area contributed by atoms with Gasteiger partial charge in [0, 0.05) is 69.8 Å². The minimum absolute atomic E-state index is 0. The fourth-order valence-corrected chi connectivity index (χ4v) is 6.04. The molecule has 0 bridgehead atoms. The molecule has 2 amide bonds. The van der Waals surface area contributed by atoms with Gasteiger partial charge in [-0.05, 0) is 74.2 Å². The number of hydrogen-bond acceptors (Lipinski definition) is 7.